The summed E-state index contributed by atoms with van der Waals surface area (Å²) in [5.41, 5.74) is 8.63. The van der Waals surface area contributed by atoms with Crippen LogP contribution in [-0.4, -0.2) is 45.1 Å². The monoisotopic (exact) mass is 486 g/mol. The second-order valence-electron chi connectivity index (χ2n) is 9.69. The lowest BCUT2D eigenvalue weighted by Crippen LogP contribution is -2.54. The average Bonchev–Trinajstić information content (AvgIpc) is 2.92. The zero-order chi connectivity index (χ0) is 26.6. The lowest BCUT2D eigenvalue weighted by atomic mass is 9.51. The molecule has 2 aliphatic carbocycles. The number of allylic oxidation sites excluding steroid dienone is 1. The molecule has 3 unspecified atom stereocenters. The fraction of sp³-hybridized carbons (Fsp3) is 0.621. The molecular formula is C29H46N2O4. The molecule has 35 heavy (non-hydrogen) atoms. The highest BCUT2D eigenvalue weighted by atomic mass is 16.5. The van der Waals surface area contributed by atoms with Gasteiger partial charge in [-0.2, -0.15) is 0 Å². The van der Waals surface area contributed by atoms with Crippen molar-refractivity contribution in [3.05, 3.63) is 41.6 Å². The van der Waals surface area contributed by atoms with Crippen LogP contribution in [0.25, 0.3) is 0 Å². The first-order valence-corrected chi connectivity index (χ1v) is 12.8. The minimum Gasteiger partial charge on any atom is -0.497 e. The number of hydrogen-bond acceptors (Lipinski definition) is 5. The Bertz CT molecular complexity index is 825. The average molecular weight is 487 g/mol. The van der Waals surface area contributed by atoms with Crippen molar-refractivity contribution in [3.63, 3.8) is 0 Å². The quantitative estimate of drug-likeness (QED) is 0.552. The van der Waals surface area contributed by atoms with E-state index in [2.05, 4.69) is 44.4 Å². The van der Waals surface area contributed by atoms with Crippen LogP contribution in [0.3, 0.4) is 0 Å². The van der Waals surface area contributed by atoms with E-state index in [1.54, 1.807) is 7.11 Å². The Balaban J connectivity index is 0.000000949. The Morgan fingerprint density at radius 2 is 1.80 bits per heavy atom. The van der Waals surface area contributed by atoms with Gasteiger partial charge in [0.25, 0.3) is 0 Å². The van der Waals surface area contributed by atoms with Crippen molar-refractivity contribution in [2.45, 2.75) is 77.6 Å². The maximum atomic E-state index is 13.1. The Morgan fingerprint density at radius 1 is 1.11 bits per heavy atom. The van der Waals surface area contributed by atoms with Crippen LogP contribution >= 0.6 is 0 Å². The molecule has 0 aromatic heterocycles. The molecule has 2 N–H and O–H groups in total. The fourth-order valence-corrected chi connectivity index (χ4v) is 6.45. The molecule has 1 saturated heterocycles. The zero-order valence-corrected chi connectivity index (χ0v) is 22.3. The molecule has 1 aliphatic heterocycles. The van der Waals surface area contributed by atoms with Crippen LogP contribution in [0.5, 0.6) is 5.75 Å². The molecule has 0 radical (unpaired) electrons. The molecule has 0 spiro atoms. The van der Waals surface area contributed by atoms with E-state index in [4.69, 9.17) is 14.3 Å². The third kappa shape index (κ3) is 6.40. The van der Waals surface area contributed by atoms with Crippen LogP contribution < -0.4 is 10.5 Å². The third-order valence-electron chi connectivity index (χ3n) is 8.24. The maximum absolute atomic E-state index is 13.1. The smallest absolute Gasteiger partial charge is 0.227 e. The number of fused-ring (bicyclic) bond motifs is 5. The van der Waals surface area contributed by atoms with Gasteiger partial charge >= 0.3 is 0 Å². The SMILES string of the molecule is C=C1N(CCCCCC)C(=O)CC2C3CCc4cc(OC)ccc4C3CC[C@]12C.C=O.C=O.CN. The largest absolute Gasteiger partial charge is 0.497 e. The number of carbonyl (C=O) groups excluding carboxylic acids is 3. The molecule has 1 aromatic carbocycles. The van der Waals surface area contributed by atoms with Gasteiger partial charge < -0.3 is 25.0 Å². The van der Waals surface area contributed by atoms with Gasteiger partial charge in [-0.1, -0.05) is 45.8 Å². The first kappa shape index (κ1) is 30.6. The molecule has 1 heterocycles. The van der Waals surface area contributed by atoms with Crippen molar-refractivity contribution in [2.75, 3.05) is 20.7 Å². The standard InChI is InChI=1S/C26H37NO2.CH5N.2CH2O/c1-5-6-7-8-15-27-18(2)26(3)14-13-22-21-12-10-20(29-4)16-19(21)9-11-23(22)24(26)17-25(27)28;3*1-2/h10,12,16,22-24H,2,5-9,11,13-15,17H2,1,3-4H3;2H2,1H3;2*1H2/t22?,23?,24?,26-;;;/m1.../s1. The van der Waals surface area contributed by atoms with E-state index in [9.17, 15) is 4.79 Å². The second-order valence-corrected chi connectivity index (χ2v) is 9.69. The van der Waals surface area contributed by atoms with Crippen molar-refractivity contribution in [2.24, 2.45) is 23.0 Å². The van der Waals surface area contributed by atoms with Crippen LogP contribution in [0, 0.1) is 17.3 Å². The molecule has 4 atom stereocenters. The number of unbranched alkanes of at least 4 members (excludes halogenated alkanes) is 3. The first-order valence-electron chi connectivity index (χ1n) is 12.8. The van der Waals surface area contributed by atoms with Crippen LogP contribution in [0.2, 0.25) is 0 Å². The number of likely N-dealkylation sites (tertiary alicyclic amines) is 1. The summed E-state index contributed by atoms with van der Waals surface area (Å²) in [4.78, 5) is 31.2. The molecule has 4 rings (SSSR count). The van der Waals surface area contributed by atoms with E-state index >= 15 is 0 Å². The number of hydrogen-bond donors (Lipinski definition) is 1. The van der Waals surface area contributed by atoms with Crippen LogP contribution in [0.15, 0.2) is 30.5 Å². The highest BCUT2D eigenvalue weighted by Gasteiger charge is 2.54. The number of nitrogens with zero attached hydrogens (tertiary/aromatic N) is 1. The van der Waals surface area contributed by atoms with E-state index < -0.39 is 0 Å². The summed E-state index contributed by atoms with van der Waals surface area (Å²) in [5, 5.41) is 0. The highest BCUT2D eigenvalue weighted by Crippen LogP contribution is 2.60. The van der Waals surface area contributed by atoms with Gasteiger partial charge in [0.2, 0.25) is 5.91 Å². The van der Waals surface area contributed by atoms with Gasteiger partial charge in [0.05, 0.1) is 7.11 Å². The molecule has 1 amide bonds. The lowest BCUT2D eigenvalue weighted by Gasteiger charge is -2.57. The number of carbonyl (C=O) groups is 3. The second kappa shape index (κ2) is 14.8. The van der Waals surface area contributed by atoms with E-state index in [0.717, 1.165) is 37.3 Å². The number of nitrogens with two attached hydrogens (primary N) is 1. The van der Waals surface area contributed by atoms with Crippen molar-refractivity contribution < 1.29 is 19.1 Å². The molecule has 6 heteroatoms. The minimum atomic E-state index is 0.0732. The maximum Gasteiger partial charge on any atom is 0.227 e. The molecule has 6 nitrogen and oxygen atoms in total. The minimum absolute atomic E-state index is 0.0732. The molecule has 0 bridgehead atoms. The van der Waals surface area contributed by atoms with Gasteiger partial charge in [-0.3, -0.25) is 4.79 Å². The summed E-state index contributed by atoms with van der Waals surface area (Å²) in [5.74, 6) is 2.89. The van der Waals surface area contributed by atoms with Crippen LogP contribution in [0.1, 0.15) is 82.3 Å². The topological polar surface area (TPSA) is 89.7 Å². The number of amides is 1. The number of aryl methyl sites for hydroxylation is 1. The molecule has 3 aliphatic rings. The third-order valence-corrected chi connectivity index (χ3v) is 8.24. The van der Waals surface area contributed by atoms with E-state index in [0.29, 0.717) is 30.1 Å². The summed E-state index contributed by atoms with van der Waals surface area (Å²) in [6, 6.07) is 6.62. The summed E-state index contributed by atoms with van der Waals surface area (Å²) in [7, 11) is 3.24. The summed E-state index contributed by atoms with van der Waals surface area (Å²) < 4.78 is 5.44. The number of benzene rings is 1. The molecular weight excluding hydrogens is 440 g/mol. The van der Waals surface area contributed by atoms with Crippen molar-refractivity contribution in [3.8, 4) is 5.75 Å². The van der Waals surface area contributed by atoms with Gasteiger partial charge in [0.1, 0.15) is 19.3 Å². The summed E-state index contributed by atoms with van der Waals surface area (Å²) in [6.45, 7) is 14.0. The molecule has 1 saturated carbocycles. The van der Waals surface area contributed by atoms with E-state index in [1.165, 1.54) is 50.3 Å². The van der Waals surface area contributed by atoms with E-state index in [-0.39, 0.29) is 5.41 Å². The number of ether oxygens (including phenoxy) is 1. The Kier molecular flexibility index (Phi) is 12.9. The van der Waals surface area contributed by atoms with Gasteiger partial charge in [-0.25, -0.2) is 0 Å². The van der Waals surface area contributed by atoms with E-state index in [1.807, 2.05) is 18.5 Å². The van der Waals surface area contributed by atoms with Crippen molar-refractivity contribution in [1.82, 2.24) is 4.90 Å². The Morgan fingerprint density at radius 3 is 2.43 bits per heavy atom. The normalized spacial score (nSPS) is 26.2. The molecule has 2 fully saturated rings. The van der Waals surface area contributed by atoms with Crippen LogP contribution in [0.4, 0.5) is 0 Å². The van der Waals surface area contributed by atoms with Crippen molar-refractivity contribution in [1.29, 1.82) is 0 Å². The predicted molar refractivity (Wildman–Crippen MR) is 142 cm³/mol. The van der Waals surface area contributed by atoms with Gasteiger partial charge in [-0.05, 0) is 80.2 Å². The Labute approximate surface area is 212 Å². The predicted octanol–water partition coefficient (Wildman–Crippen LogP) is 5.29. The zero-order valence-electron chi connectivity index (χ0n) is 22.3. The van der Waals surface area contributed by atoms with Gasteiger partial charge in [-0.15, -0.1) is 0 Å². The summed E-state index contributed by atoms with van der Waals surface area (Å²) in [6.07, 6.45) is 10.1. The van der Waals surface area contributed by atoms with Gasteiger partial charge in [0.15, 0.2) is 0 Å². The fourth-order valence-electron chi connectivity index (χ4n) is 6.45. The lowest BCUT2D eigenvalue weighted by molar-refractivity contribution is -0.140. The molecule has 196 valence electrons. The number of rotatable bonds is 6. The molecule has 1 aromatic rings. The van der Waals surface area contributed by atoms with Crippen molar-refractivity contribution >= 4 is 19.5 Å². The number of methoxy groups -OCH3 is 1. The summed E-state index contributed by atoms with van der Waals surface area (Å²) >= 11 is 0. The Hall–Kier alpha value is -2.47. The first-order chi connectivity index (χ1) is 17.0. The van der Waals surface area contributed by atoms with Crippen LogP contribution in [-0.2, 0) is 20.8 Å². The number of piperidine rings is 1. The highest BCUT2D eigenvalue weighted by molar-refractivity contribution is 5.80. The van der Waals surface area contributed by atoms with Gasteiger partial charge in [0, 0.05) is 24.1 Å².